The second-order valence-electron chi connectivity index (χ2n) is 4.04. The molecule has 1 aromatic rings. The van der Waals surface area contributed by atoms with Crippen molar-refractivity contribution in [1.82, 2.24) is 0 Å². The van der Waals surface area contributed by atoms with Crippen LogP contribution in [0.25, 0.3) is 0 Å². The van der Waals surface area contributed by atoms with Gasteiger partial charge in [0.25, 0.3) is 0 Å². The Morgan fingerprint density at radius 2 is 2.11 bits per heavy atom. The molecule has 1 aromatic carbocycles. The van der Waals surface area contributed by atoms with Crippen molar-refractivity contribution in [2.45, 2.75) is 16.6 Å². The molecule has 98 valence electrons. The summed E-state index contributed by atoms with van der Waals surface area (Å²) >= 11 is 5.91. The molecule has 0 radical (unpaired) electrons. The van der Waals surface area contributed by atoms with Gasteiger partial charge in [0.1, 0.15) is 5.25 Å². The molecular formula is C11H11ClO5S. The topological polar surface area (TPSA) is 80.7 Å². The summed E-state index contributed by atoms with van der Waals surface area (Å²) in [5.74, 6) is -0.992. The lowest BCUT2D eigenvalue weighted by Gasteiger charge is -2.26. The maximum atomic E-state index is 12.1. The molecule has 5 nitrogen and oxygen atoms in total. The Morgan fingerprint density at radius 1 is 1.44 bits per heavy atom. The zero-order chi connectivity index (χ0) is 13.3. The molecule has 0 aromatic heterocycles. The van der Waals surface area contributed by atoms with Gasteiger partial charge < -0.3 is 9.84 Å². The summed E-state index contributed by atoms with van der Waals surface area (Å²) in [5, 5.41) is 8.15. The zero-order valence-corrected chi connectivity index (χ0v) is 10.9. The number of aliphatic carboxylic acids is 1. The number of carboxylic acids is 1. The lowest BCUT2D eigenvalue weighted by Crippen LogP contribution is -2.40. The van der Waals surface area contributed by atoms with Crippen molar-refractivity contribution >= 4 is 27.4 Å². The highest BCUT2D eigenvalue weighted by Crippen LogP contribution is 2.28. The molecule has 0 unspecified atom stereocenters. The van der Waals surface area contributed by atoms with E-state index in [0.717, 1.165) is 0 Å². The Kier molecular flexibility index (Phi) is 3.61. The van der Waals surface area contributed by atoms with Gasteiger partial charge >= 0.3 is 5.97 Å². The van der Waals surface area contributed by atoms with Crippen LogP contribution in [0.5, 0.6) is 0 Å². The average molecular weight is 291 g/mol. The van der Waals surface area contributed by atoms with E-state index < -0.39 is 21.1 Å². The lowest BCUT2D eigenvalue weighted by molar-refractivity contribution is -0.136. The van der Waals surface area contributed by atoms with Crippen molar-refractivity contribution < 1.29 is 23.1 Å². The van der Waals surface area contributed by atoms with E-state index in [2.05, 4.69) is 0 Å². The first kappa shape index (κ1) is 13.3. The number of rotatable bonds is 4. The van der Waals surface area contributed by atoms with Gasteiger partial charge in [0.15, 0.2) is 9.84 Å². The lowest BCUT2D eigenvalue weighted by atomic mass is 10.1. The highest BCUT2D eigenvalue weighted by atomic mass is 35.5. The van der Waals surface area contributed by atoms with Crippen molar-refractivity contribution in [3.05, 3.63) is 28.8 Å². The molecule has 1 fully saturated rings. The molecule has 0 bridgehead atoms. The summed E-state index contributed by atoms with van der Waals surface area (Å²) in [6.45, 7) is 0.352. The Hall–Kier alpha value is -1.11. The molecule has 0 aliphatic carbocycles. The summed E-state index contributed by atoms with van der Waals surface area (Å²) in [5.41, 5.74) is 0.469. The van der Waals surface area contributed by atoms with Crippen LogP contribution in [0.15, 0.2) is 23.1 Å². The Bertz CT molecular complexity index is 577. The molecule has 1 heterocycles. The number of ether oxygens (including phenoxy) is 1. The van der Waals surface area contributed by atoms with E-state index >= 15 is 0 Å². The fourth-order valence-corrected chi connectivity index (χ4v) is 3.66. The predicted molar refractivity (Wildman–Crippen MR) is 64.6 cm³/mol. The van der Waals surface area contributed by atoms with Gasteiger partial charge in [-0.1, -0.05) is 17.7 Å². The van der Waals surface area contributed by atoms with Crippen LogP contribution in [-0.2, 0) is 25.8 Å². The second kappa shape index (κ2) is 4.87. The van der Waals surface area contributed by atoms with Crippen molar-refractivity contribution in [1.29, 1.82) is 0 Å². The first-order chi connectivity index (χ1) is 8.41. The van der Waals surface area contributed by atoms with Crippen LogP contribution in [0.1, 0.15) is 5.56 Å². The van der Waals surface area contributed by atoms with Gasteiger partial charge in [0.2, 0.25) is 0 Å². The number of carboxylic acid groups (broad SMARTS) is 1. The van der Waals surface area contributed by atoms with Gasteiger partial charge in [-0.15, -0.1) is 0 Å². The third kappa shape index (κ3) is 2.50. The van der Waals surface area contributed by atoms with Crippen molar-refractivity contribution in [2.24, 2.45) is 0 Å². The van der Waals surface area contributed by atoms with E-state index in [0.29, 0.717) is 5.56 Å². The maximum Gasteiger partial charge on any atom is 0.307 e. The first-order valence-electron chi connectivity index (χ1n) is 5.23. The van der Waals surface area contributed by atoms with Crippen LogP contribution in [0.2, 0.25) is 5.02 Å². The highest BCUT2D eigenvalue weighted by molar-refractivity contribution is 7.92. The molecule has 1 saturated heterocycles. The molecule has 0 spiro atoms. The SMILES string of the molecule is O=C(O)Cc1ccc(S(=O)(=O)C2COC2)c(Cl)c1. The Labute approximate surface area is 109 Å². The summed E-state index contributed by atoms with van der Waals surface area (Å²) in [7, 11) is -3.48. The third-order valence-corrected chi connectivity index (χ3v) is 5.25. The van der Waals surface area contributed by atoms with Crippen molar-refractivity contribution in [2.75, 3.05) is 13.2 Å². The van der Waals surface area contributed by atoms with Gasteiger partial charge in [0.05, 0.1) is 29.6 Å². The molecule has 1 aliphatic heterocycles. The normalized spacial score (nSPS) is 16.3. The van der Waals surface area contributed by atoms with E-state index in [1.165, 1.54) is 18.2 Å². The van der Waals surface area contributed by atoms with Crippen molar-refractivity contribution in [3.8, 4) is 0 Å². The van der Waals surface area contributed by atoms with E-state index in [1.54, 1.807) is 0 Å². The van der Waals surface area contributed by atoms with Gasteiger partial charge in [-0.25, -0.2) is 8.42 Å². The molecule has 0 saturated carbocycles. The van der Waals surface area contributed by atoms with Crippen LogP contribution < -0.4 is 0 Å². The minimum Gasteiger partial charge on any atom is -0.481 e. The fourth-order valence-electron chi connectivity index (χ4n) is 1.63. The minimum absolute atomic E-state index is 0.0339. The minimum atomic E-state index is -3.48. The summed E-state index contributed by atoms with van der Waals surface area (Å²) in [4.78, 5) is 10.6. The quantitative estimate of drug-likeness (QED) is 0.899. The fraction of sp³-hybridized carbons (Fsp3) is 0.364. The summed E-state index contributed by atoms with van der Waals surface area (Å²) in [6, 6.07) is 4.20. The van der Waals surface area contributed by atoms with Crippen LogP contribution in [0.4, 0.5) is 0 Å². The highest BCUT2D eigenvalue weighted by Gasteiger charge is 2.35. The molecular weight excluding hydrogens is 280 g/mol. The average Bonchev–Trinajstić information content (AvgIpc) is 2.11. The number of sulfone groups is 1. The number of halogens is 1. The number of hydrogen-bond donors (Lipinski definition) is 1. The van der Waals surface area contributed by atoms with E-state index in [4.69, 9.17) is 21.4 Å². The van der Waals surface area contributed by atoms with Gasteiger partial charge in [0, 0.05) is 0 Å². The molecule has 2 rings (SSSR count). The predicted octanol–water partition coefficient (Wildman–Crippen LogP) is 1.14. The molecule has 7 heteroatoms. The van der Waals surface area contributed by atoms with Crippen molar-refractivity contribution in [3.63, 3.8) is 0 Å². The largest absolute Gasteiger partial charge is 0.481 e. The monoisotopic (exact) mass is 290 g/mol. The summed E-state index contributed by atoms with van der Waals surface area (Å²) in [6.07, 6.45) is -0.188. The molecule has 1 aliphatic rings. The first-order valence-corrected chi connectivity index (χ1v) is 7.15. The smallest absolute Gasteiger partial charge is 0.307 e. The van der Waals surface area contributed by atoms with E-state index in [-0.39, 0.29) is 29.6 Å². The van der Waals surface area contributed by atoms with Crippen LogP contribution in [0, 0.1) is 0 Å². The third-order valence-electron chi connectivity index (χ3n) is 2.70. The van der Waals surface area contributed by atoms with E-state index in [1.807, 2.05) is 0 Å². The zero-order valence-electron chi connectivity index (χ0n) is 9.30. The van der Waals surface area contributed by atoms with Gasteiger partial charge in [-0.3, -0.25) is 4.79 Å². The van der Waals surface area contributed by atoms with E-state index in [9.17, 15) is 13.2 Å². The van der Waals surface area contributed by atoms with Crippen LogP contribution in [0.3, 0.4) is 0 Å². The Balaban J connectivity index is 2.32. The maximum absolute atomic E-state index is 12.1. The second-order valence-corrected chi connectivity index (χ2v) is 6.64. The number of carbonyl (C=O) groups is 1. The number of benzene rings is 1. The standard InChI is InChI=1S/C11H11ClO5S/c12-9-3-7(4-11(13)14)1-2-10(9)18(15,16)8-5-17-6-8/h1-3,8H,4-6H2,(H,13,14). The van der Waals surface area contributed by atoms with Crippen LogP contribution in [-0.4, -0.2) is 38.0 Å². The van der Waals surface area contributed by atoms with Gasteiger partial charge in [-0.2, -0.15) is 0 Å². The van der Waals surface area contributed by atoms with Crippen LogP contribution >= 0.6 is 11.6 Å². The molecule has 0 amide bonds. The number of hydrogen-bond acceptors (Lipinski definition) is 4. The molecule has 0 atom stereocenters. The molecule has 1 N–H and O–H groups in total. The Morgan fingerprint density at radius 3 is 2.56 bits per heavy atom. The van der Waals surface area contributed by atoms with Gasteiger partial charge in [-0.05, 0) is 17.7 Å². The molecule has 18 heavy (non-hydrogen) atoms. The summed E-state index contributed by atoms with van der Waals surface area (Å²) < 4.78 is 29.0.